The van der Waals surface area contributed by atoms with Crippen LogP contribution in [0.15, 0.2) is 34.2 Å². The molecule has 2 N–H and O–H groups in total. The Bertz CT molecular complexity index is 414. The van der Waals surface area contributed by atoms with Gasteiger partial charge in [-0.2, -0.15) is 0 Å². The van der Waals surface area contributed by atoms with Crippen molar-refractivity contribution in [3.8, 4) is 0 Å². The summed E-state index contributed by atoms with van der Waals surface area (Å²) >= 11 is 0. The zero-order chi connectivity index (χ0) is 12.8. The molecule has 0 amide bonds. The first-order valence-electron chi connectivity index (χ1n) is 5.43. The van der Waals surface area contributed by atoms with E-state index in [2.05, 4.69) is 22.5 Å². The van der Waals surface area contributed by atoms with Gasteiger partial charge in [0.05, 0.1) is 6.04 Å². The molecule has 2 atom stereocenters. The largest absolute Gasteiger partial charge is 0.359 e. The summed E-state index contributed by atoms with van der Waals surface area (Å²) in [6, 6.07) is 7.91. The van der Waals surface area contributed by atoms with Gasteiger partial charge in [-0.1, -0.05) is 12.1 Å². The molecular formula is C12H19N3OS. The van der Waals surface area contributed by atoms with Crippen molar-refractivity contribution in [2.45, 2.75) is 17.9 Å². The van der Waals surface area contributed by atoms with Gasteiger partial charge in [-0.25, -0.2) is 0 Å². The van der Waals surface area contributed by atoms with Crippen molar-refractivity contribution in [1.29, 1.82) is 0 Å². The third-order valence-corrected chi connectivity index (χ3v) is 3.46. The normalized spacial score (nSPS) is 15.2. The van der Waals surface area contributed by atoms with E-state index in [4.69, 9.17) is 0 Å². The number of hydrogen-bond donors (Lipinski definition) is 2. The zero-order valence-corrected chi connectivity index (χ0v) is 11.5. The van der Waals surface area contributed by atoms with E-state index in [1.807, 2.05) is 31.3 Å². The summed E-state index contributed by atoms with van der Waals surface area (Å²) in [5.74, 6) is 0.751. The predicted octanol–water partition coefficient (Wildman–Crippen LogP) is 1.28. The molecule has 1 rings (SSSR count). The highest BCUT2D eigenvalue weighted by Crippen LogP contribution is 2.14. The Labute approximate surface area is 105 Å². The Hall–Kier alpha value is -1.36. The first kappa shape index (κ1) is 13.7. The monoisotopic (exact) mass is 253 g/mol. The Morgan fingerprint density at radius 2 is 1.94 bits per heavy atom. The minimum atomic E-state index is -0.921. The molecule has 0 saturated carbocycles. The van der Waals surface area contributed by atoms with E-state index in [1.165, 1.54) is 0 Å². The van der Waals surface area contributed by atoms with Gasteiger partial charge in [0.15, 0.2) is 5.96 Å². The Morgan fingerprint density at radius 1 is 1.35 bits per heavy atom. The number of aliphatic imine (C=N–C) groups is 1. The van der Waals surface area contributed by atoms with Crippen LogP contribution in [0.3, 0.4) is 0 Å². The van der Waals surface area contributed by atoms with Crippen LogP contribution in [0.25, 0.3) is 0 Å². The lowest BCUT2D eigenvalue weighted by Gasteiger charge is -2.16. The fraction of sp³-hybridized carbons (Fsp3) is 0.417. The van der Waals surface area contributed by atoms with Crippen LogP contribution in [0.5, 0.6) is 0 Å². The van der Waals surface area contributed by atoms with Gasteiger partial charge >= 0.3 is 0 Å². The molecule has 1 aromatic carbocycles. The Morgan fingerprint density at radius 3 is 2.35 bits per heavy atom. The molecule has 0 fully saturated rings. The van der Waals surface area contributed by atoms with E-state index < -0.39 is 10.8 Å². The van der Waals surface area contributed by atoms with E-state index in [0.717, 1.165) is 16.4 Å². The van der Waals surface area contributed by atoms with Crippen molar-refractivity contribution in [3.63, 3.8) is 0 Å². The lowest BCUT2D eigenvalue weighted by atomic mass is 10.1. The highest BCUT2D eigenvalue weighted by molar-refractivity contribution is 7.84. The summed E-state index contributed by atoms with van der Waals surface area (Å²) in [4.78, 5) is 4.91. The van der Waals surface area contributed by atoms with Crippen molar-refractivity contribution in [3.05, 3.63) is 29.8 Å². The third kappa shape index (κ3) is 3.85. The van der Waals surface area contributed by atoms with Gasteiger partial charge in [0.25, 0.3) is 0 Å². The van der Waals surface area contributed by atoms with Crippen LogP contribution in [0.2, 0.25) is 0 Å². The van der Waals surface area contributed by atoms with E-state index in [0.29, 0.717) is 0 Å². The minimum Gasteiger partial charge on any atom is -0.359 e. The average Bonchev–Trinajstić information content (AvgIpc) is 2.35. The molecular weight excluding hydrogens is 234 g/mol. The first-order valence-corrected chi connectivity index (χ1v) is 6.98. The van der Waals surface area contributed by atoms with Crippen LogP contribution in [-0.4, -0.2) is 30.5 Å². The molecule has 2 unspecified atom stereocenters. The smallest absolute Gasteiger partial charge is 0.191 e. The second-order valence-electron chi connectivity index (χ2n) is 3.71. The molecule has 0 bridgehead atoms. The summed E-state index contributed by atoms with van der Waals surface area (Å²) < 4.78 is 11.3. The maximum absolute atomic E-state index is 11.3. The Kier molecular flexibility index (Phi) is 5.15. The SMILES string of the molecule is CN=C(NC)NC(C)c1ccc(S(C)=O)cc1. The topological polar surface area (TPSA) is 53.5 Å². The molecule has 4 nitrogen and oxygen atoms in total. The number of nitrogens with zero attached hydrogens (tertiary/aromatic N) is 1. The van der Waals surface area contributed by atoms with Crippen LogP contribution in [0.1, 0.15) is 18.5 Å². The average molecular weight is 253 g/mol. The molecule has 0 saturated heterocycles. The number of benzene rings is 1. The zero-order valence-electron chi connectivity index (χ0n) is 10.7. The van der Waals surface area contributed by atoms with Crippen LogP contribution in [-0.2, 0) is 10.8 Å². The second kappa shape index (κ2) is 6.39. The highest BCUT2D eigenvalue weighted by atomic mass is 32.2. The van der Waals surface area contributed by atoms with Gasteiger partial charge < -0.3 is 10.6 Å². The summed E-state index contributed by atoms with van der Waals surface area (Å²) in [5, 5.41) is 6.22. The number of rotatable bonds is 3. The van der Waals surface area contributed by atoms with Gasteiger partial charge in [-0.05, 0) is 24.6 Å². The van der Waals surface area contributed by atoms with Gasteiger partial charge in [0.1, 0.15) is 0 Å². The fourth-order valence-electron chi connectivity index (χ4n) is 1.49. The summed E-state index contributed by atoms with van der Waals surface area (Å²) in [5.41, 5.74) is 1.13. The summed E-state index contributed by atoms with van der Waals surface area (Å²) in [6.07, 6.45) is 1.68. The van der Waals surface area contributed by atoms with Crippen LogP contribution < -0.4 is 10.6 Å². The molecule has 94 valence electrons. The predicted molar refractivity (Wildman–Crippen MR) is 72.7 cm³/mol. The number of nitrogens with one attached hydrogen (secondary N) is 2. The van der Waals surface area contributed by atoms with Crippen molar-refractivity contribution < 1.29 is 4.21 Å². The quantitative estimate of drug-likeness (QED) is 0.630. The van der Waals surface area contributed by atoms with Crippen LogP contribution in [0.4, 0.5) is 0 Å². The van der Waals surface area contributed by atoms with Gasteiger partial charge in [-0.15, -0.1) is 0 Å². The second-order valence-corrected chi connectivity index (χ2v) is 5.09. The van der Waals surface area contributed by atoms with E-state index in [-0.39, 0.29) is 6.04 Å². The van der Waals surface area contributed by atoms with Gasteiger partial charge in [0.2, 0.25) is 0 Å². The molecule has 17 heavy (non-hydrogen) atoms. The van der Waals surface area contributed by atoms with Gasteiger partial charge in [0, 0.05) is 36.0 Å². The molecule has 0 radical (unpaired) electrons. The number of guanidine groups is 1. The van der Waals surface area contributed by atoms with Crippen molar-refractivity contribution in [1.82, 2.24) is 10.6 Å². The van der Waals surface area contributed by atoms with Crippen molar-refractivity contribution in [2.24, 2.45) is 4.99 Å². The number of hydrogen-bond acceptors (Lipinski definition) is 2. The van der Waals surface area contributed by atoms with E-state index in [1.54, 1.807) is 13.3 Å². The molecule has 0 aliphatic rings. The first-order chi connectivity index (χ1) is 8.08. The molecule has 5 heteroatoms. The lowest BCUT2D eigenvalue weighted by molar-refractivity contribution is 0.685. The van der Waals surface area contributed by atoms with Crippen LogP contribution in [0, 0.1) is 0 Å². The standard InChI is InChI=1S/C12H19N3OS/c1-9(15-12(13-2)14-3)10-5-7-11(8-6-10)17(4)16/h5-9H,1-4H3,(H2,13,14,15). The van der Waals surface area contributed by atoms with Gasteiger partial charge in [-0.3, -0.25) is 9.20 Å². The minimum absolute atomic E-state index is 0.153. The summed E-state index contributed by atoms with van der Waals surface area (Å²) in [7, 11) is 2.63. The van der Waals surface area contributed by atoms with Crippen LogP contribution >= 0.6 is 0 Å². The molecule has 0 heterocycles. The molecule has 0 aliphatic heterocycles. The maximum atomic E-state index is 11.3. The Balaban J connectivity index is 2.76. The van der Waals surface area contributed by atoms with E-state index >= 15 is 0 Å². The van der Waals surface area contributed by atoms with Crippen molar-refractivity contribution >= 4 is 16.8 Å². The molecule has 0 aliphatic carbocycles. The van der Waals surface area contributed by atoms with E-state index in [9.17, 15) is 4.21 Å². The summed E-state index contributed by atoms with van der Waals surface area (Å²) in [6.45, 7) is 2.06. The highest BCUT2D eigenvalue weighted by Gasteiger charge is 2.07. The lowest BCUT2D eigenvalue weighted by Crippen LogP contribution is -2.36. The molecule has 0 aromatic heterocycles. The fourth-order valence-corrected chi connectivity index (χ4v) is 2.00. The third-order valence-electron chi connectivity index (χ3n) is 2.53. The molecule has 1 aromatic rings. The molecule has 0 spiro atoms. The maximum Gasteiger partial charge on any atom is 0.191 e. The van der Waals surface area contributed by atoms with Crippen molar-refractivity contribution in [2.75, 3.05) is 20.4 Å².